The average molecular weight is 296 g/mol. The van der Waals surface area contributed by atoms with E-state index in [4.69, 9.17) is 9.08 Å². The second kappa shape index (κ2) is 5.26. The molecule has 3 nitrogen and oxygen atoms in total. The molecule has 0 aromatic heterocycles. The van der Waals surface area contributed by atoms with Gasteiger partial charge in [-0.05, 0) is 41.3 Å². The van der Waals surface area contributed by atoms with E-state index in [1.54, 1.807) is 6.07 Å². The van der Waals surface area contributed by atoms with Crippen LogP contribution in [0.1, 0.15) is 32.4 Å². The van der Waals surface area contributed by atoms with E-state index in [2.05, 4.69) is 33.9 Å². The molecule has 2 rings (SSSR count). The molecular weight excluding hydrogens is 274 g/mol. The molecule has 0 radical (unpaired) electrons. The zero-order valence-electron chi connectivity index (χ0n) is 12.7. The first-order valence-corrected chi connectivity index (χ1v) is 9.79. The summed E-state index contributed by atoms with van der Waals surface area (Å²) in [6.45, 7) is 11.2. The molecule has 1 aliphatic rings. The molecule has 0 saturated heterocycles. The molecule has 0 fully saturated rings. The maximum atomic E-state index is 13.4. The predicted octanol–water partition coefficient (Wildman–Crippen LogP) is 2.61. The molecule has 1 aromatic carbocycles. The van der Waals surface area contributed by atoms with Crippen LogP contribution < -0.4 is 5.46 Å². The number of fused-ring (bicyclic) bond motifs is 1. The normalized spacial score (nSPS) is 19.4. The molecule has 1 N–H and O–H groups in total. The molecule has 110 valence electrons. The van der Waals surface area contributed by atoms with Gasteiger partial charge in [-0.3, -0.25) is 0 Å². The Hall–Kier alpha value is -0.688. The summed E-state index contributed by atoms with van der Waals surface area (Å²) in [5, 5.41) is 9.95. The first kappa shape index (κ1) is 15.7. The van der Waals surface area contributed by atoms with E-state index < -0.39 is 21.5 Å². The van der Waals surface area contributed by atoms with Gasteiger partial charge in [0.2, 0.25) is 0 Å². The van der Waals surface area contributed by atoms with Crippen LogP contribution >= 0.6 is 0 Å². The molecule has 1 aliphatic heterocycles. The Morgan fingerprint density at radius 3 is 2.65 bits per heavy atom. The van der Waals surface area contributed by atoms with E-state index >= 15 is 0 Å². The second-order valence-electron chi connectivity index (χ2n) is 6.82. The monoisotopic (exact) mass is 296 g/mol. The van der Waals surface area contributed by atoms with Crippen molar-refractivity contribution in [2.24, 2.45) is 0 Å². The van der Waals surface area contributed by atoms with Crippen LogP contribution in [-0.4, -0.2) is 27.1 Å². The molecule has 6 heteroatoms. The maximum absolute atomic E-state index is 13.4. The third-order valence-electron chi connectivity index (χ3n) is 4.36. The fourth-order valence-corrected chi connectivity index (χ4v) is 2.98. The molecule has 0 saturated carbocycles. The van der Waals surface area contributed by atoms with Crippen LogP contribution in [0.15, 0.2) is 18.2 Å². The smallest absolute Gasteiger partial charge is 0.423 e. The van der Waals surface area contributed by atoms with Crippen molar-refractivity contribution in [2.45, 2.75) is 45.0 Å². The number of benzene rings is 1. The van der Waals surface area contributed by atoms with Gasteiger partial charge in [0.15, 0.2) is 8.32 Å². The van der Waals surface area contributed by atoms with E-state index in [0.717, 1.165) is 0 Å². The fourth-order valence-electron chi connectivity index (χ4n) is 1.98. The summed E-state index contributed by atoms with van der Waals surface area (Å²) in [5.41, 5.74) is 1.33. The number of halogens is 1. The molecule has 0 bridgehead atoms. The van der Waals surface area contributed by atoms with Gasteiger partial charge >= 0.3 is 7.12 Å². The third kappa shape index (κ3) is 2.98. The van der Waals surface area contributed by atoms with Crippen molar-refractivity contribution in [1.29, 1.82) is 0 Å². The van der Waals surface area contributed by atoms with Gasteiger partial charge in [-0.1, -0.05) is 26.8 Å². The van der Waals surface area contributed by atoms with Crippen molar-refractivity contribution in [1.82, 2.24) is 0 Å². The Labute approximate surface area is 121 Å². The number of hydrogen-bond donors (Lipinski definition) is 1. The van der Waals surface area contributed by atoms with E-state index in [9.17, 15) is 9.41 Å². The van der Waals surface area contributed by atoms with Gasteiger partial charge < -0.3 is 14.1 Å². The van der Waals surface area contributed by atoms with E-state index in [1.165, 1.54) is 12.1 Å². The van der Waals surface area contributed by atoms with Crippen molar-refractivity contribution >= 4 is 20.9 Å². The van der Waals surface area contributed by atoms with Crippen LogP contribution in [0.3, 0.4) is 0 Å². The molecule has 1 unspecified atom stereocenters. The number of hydrogen-bond acceptors (Lipinski definition) is 3. The summed E-state index contributed by atoms with van der Waals surface area (Å²) in [6, 6.07) is 4.33. The lowest BCUT2D eigenvalue weighted by atomic mass is 9.79. The van der Waals surface area contributed by atoms with Gasteiger partial charge in [0.05, 0.1) is 12.7 Å². The summed E-state index contributed by atoms with van der Waals surface area (Å²) in [6.07, 6.45) is -0.398. The topological polar surface area (TPSA) is 38.7 Å². The van der Waals surface area contributed by atoms with E-state index in [-0.39, 0.29) is 10.9 Å². The van der Waals surface area contributed by atoms with Gasteiger partial charge in [0, 0.05) is 0 Å². The average Bonchev–Trinajstić information content (AvgIpc) is 2.62. The van der Waals surface area contributed by atoms with Crippen molar-refractivity contribution < 1.29 is 18.5 Å². The van der Waals surface area contributed by atoms with Crippen molar-refractivity contribution in [2.75, 3.05) is 6.61 Å². The maximum Gasteiger partial charge on any atom is 0.492 e. The van der Waals surface area contributed by atoms with Crippen molar-refractivity contribution in [3.05, 3.63) is 29.6 Å². The minimum Gasteiger partial charge on any atom is -0.423 e. The molecule has 1 atom stereocenters. The standard InChI is InChI=1S/C14H22BFO3Si/c1-14(2,3)20(4,5)18-9-13-11-8-10(16)6-7-12(11)15(17)19-13/h6-8,13,17H,9H2,1-5H3. The third-order valence-corrected chi connectivity index (χ3v) is 8.86. The molecule has 0 aliphatic carbocycles. The highest BCUT2D eigenvalue weighted by Gasteiger charge is 2.40. The Kier molecular flexibility index (Phi) is 4.13. The van der Waals surface area contributed by atoms with Crippen LogP contribution in [0, 0.1) is 5.82 Å². The van der Waals surface area contributed by atoms with Gasteiger partial charge in [-0.15, -0.1) is 0 Å². The Morgan fingerprint density at radius 1 is 1.40 bits per heavy atom. The lowest BCUT2D eigenvalue weighted by molar-refractivity contribution is 0.115. The SMILES string of the molecule is CC(C)(C)[Si](C)(C)OCC1OB(O)c2ccc(F)cc21. The lowest BCUT2D eigenvalue weighted by Gasteiger charge is -2.37. The van der Waals surface area contributed by atoms with Gasteiger partial charge in [0.25, 0.3) is 0 Å². The highest BCUT2D eigenvalue weighted by Crippen LogP contribution is 2.37. The summed E-state index contributed by atoms with van der Waals surface area (Å²) >= 11 is 0. The summed E-state index contributed by atoms with van der Waals surface area (Å²) in [7, 11) is -2.87. The van der Waals surface area contributed by atoms with Crippen LogP contribution in [0.5, 0.6) is 0 Å². The summed E-state index contributed by atoms with van der Waals surface area (Å²) < 4.78 is 24.9. The lowest BCUT2D eigenvalue weighted by Crippen LogP contribution is -2.41. The van der Waals surface area contributed by atoms with Crippen LogP contribution in [0.25, 0.3) is 0 Å². The quantitative estimate of drug-likeness (QED) is 0.871. The first-order valence-electron chi connectivity index (χ1n) is 6.89. The van der Waals surface area contributed by atoms with Crippen molar-refractivity contribution in [3.63, 3.8) is 0 Å². The van der Waals surface area contributed by atoms with Crippen molar-refractivity contribution in [3.8, 4) is 0 Å². The Balaban J connectivity index is 2.12. The second-order valence-corrected chi connectivity index (χ2v) is 11.6. The minimum atomic E-state index is -1.88. The highest BCUT2D eigenvalue weighted by molar-refractivity contribution is 6.74. The first-order chi connectivity index (χ1) is 9.12. The fraction of sp³-hybridized carbons (Fsp3) is 0.571. The zero-order chi connectivity index (χ0) is 15.1. The van der Waals surface area contributed by atoms with Gasteiger partial charge in [-0.25, -0.2) is 4.39 Å². The molecule has 0 amide bonds. The zero-order valence-corrected chi connectivity index (χ0v) is 13.7. The molecule has 0 spiro atoms. The van der Waals surface area contributed by atoms with E-state index in [1.807, 2.05) is 0 Å². The molecule has 1 aromatic rings. The number of rotatable bonds is 3. The molecule has 20 heavy (non-hydrogen) atoms. The molecular formula is C14H22BFO3Si. The Morgan fingerprint density at radius 2 is 2.05 bits per heavy atom. The van der Waals surface area contributed by atoms with Crippen LogP contribution in [0.2, 0.25) is 18.1 Å². The van der Waals surface area contributed by atoms with Gasteiger partial charge in [-0.2, -0.15) is 0 Å². The van der Waals surface area contributed by atoms with Gasteiger partial charge in [0.1, 0.15) is 5.82 Å². The van der Waals surface area contributed by atoms with Crippen LogP contribution in [0.4, 0.5) is 4.39 Å². The Bertz CT molecular complexity index is 502. The minimum absolute atomic E-state index is 0.106. The largest absolute Gasteiger partial charge is 0.492 e. The molecule has 1 heterocycles. The highest BCUT2D eigenvalue weighted by atomic mass is 28.4. The van der Waals surface area contributed by atoms with E-state index in [0.29, 0.717) is 17.6 Å². The van der Waals surface area contributed by atoms with Crippen LogP contribution in [-0.2, 0) is 9.08 Å². The summed E-state index contributed by atoms with van der Waals surface area (Å²) in [5.74, 6) is -0.321. The summed E-state index contributed by atoms with van der Waals surface area (Å²) in [4.78, 5) is 0. The predicted molar refractivity (Wildman–Crippen MR) is 81.0 cm³/mol.